The average molecular weight is 1110 g/mol. The zero-order valence-corrected chi connectivity index (χ0v) is 44.8. The lowest BCUT2D eigenvalue weighted by atomic mass is 9.66. The number of benzene rings is 4. The number of esters is 4. The highest BCUT2D eigenvalue weighted by Crippen LogP contribution is 2.53. The predicted octanol–water partition coefficient (Wildman–Crippen LogP) is 8.31. The molecule has 0 aliphatic carbocycles. The predicted molar refractivity (Wildman–Crippen MR) is 274 cm³/mol. The standard InChI is InChI=1S/C56H62Cl2O19/c1-7-69-40-15-9-34(10-16-40)21-37-23-36(13-19-45(37)57)52-54(74-32(5)61)55(75-33(6)62)53(73-31(4)60)48(76-52)29-72-56(39-14-20-46(58)38(24-39)22-35-11-17-41(18-12-35)70-8-2)44(27-51(67)68)42(25-49(63)64)43(26-50(65)66)47(77-56)28-71-30(3)59/h9-20,23-24,42-44,47-48,52-55H,7-8,21-22,25-29H2,1-6H3,(H,63,64)(H,65,66)(H,67,68)/t42-,43+,44+,47-,48+,52-,53+,54-,55-,56+/m0/s1. The van der Waals surface area contributed by atoms with Crippen molar-refractivity contribution in [1.29, 1.82) is 0 Å². The highest BCUT2D eigenvalue weighted by molar-refractivity contribution is 6.31. The van der Waals surface area contributed by atoms with Gasteiger partial charge in [0.05, 0.1) is 38.8 Å². The van der Waals surface area contributed by atoms with Gasteiger partial charge in [0.25, 0.3) is 0 Å². The van der Waals surface area contributed by atoms with Crippen LogP contribution in [0.2, 0.25) is 10.0 Å². The number of rotatable bonds is 24. The molecule has 19 nitrogen and oxygen atoms in total. The van der Waals surface area contributed by atoms with Crippen molar-refractivity contribution in [3.8, 4) is 11.5 Å². The van der Waals surface area contributed by atoms with E-state index in [1.165, 1.54) is 12.1 Å². The van der Waals surface area contributed by atoms with Crippen molar-refractivity contribution in [3.63, 3.8) is 0 Å². The molecule has 0 radical (unpaired) electrons. The highest BCUT2D eigenvalue weighted by Gasteiger charge is 2.60. The number of aliphatic carboxylic acids is 3. The Kier molecular flexibility index (Phi) is 20.9. The number of ether oxygens (including phenoxy) is 9. The summed E-state index contributed by atoms with van der Waals surface area (Å²) in [4.78, 5) is 90.3. The molecule has 4 aromatic carbocycles. The van der Waals surface area contributed by atoms with Gasteiger partial charge in [-0.1, -0.05) is 65.7 Å². The first-order valence-electron chi connectivity index (χ1n) is 24.9. The van der Waals surface area contributed by atoms with E-state index in [2.05, 4.69) is 0 Å². The van der Waals surface area contributed by atoms with Crippen LogP contribution in [-0.2, 0) is 85.3 Å². The summed E-state index contributed by atoms with van der Waals surface area (Å²) in [5.74, 6) is -13.0. The molecular weight excluding hydrogens is 1050 g/mol. The number of carbonyl (C=O) groups excluding carboxylic acids is 4. The largest absolute Gasteiger partial charge is 0.494 e. The third kappa shape index (κ3) is 15.7. The summed E-state index contributed by atoms with van der Waals surface area (Å²) in [5, 5.41) is 32.1. The number of carboxylic acids is 3. The lowest BCUT2D eigenvalue weighted by molar-refractivity contribution is -0.360. The first-order valence-corrected chi connectivity index (χ1v) is 25.6. The van der Waals surface area contributed by atoms with E-state index in [4.69, 9.17) is 65.8 Å². The molecule has 0 spiro atoms. The Balaban J connectivity index is 1.56. The molecule has 77 heavy (non-hydrogen) atoms. The van der Waals surface area contributed by atoms with Gasteiger partial charge in [0.1, 0.15) is 30.3 Å². The van der Waals surface area contributed by atoms with E-state index in [1.54, 1.807) is 36.4 Å². The van der Waals surface area contributed by atoms with Crippen LogP contribution in [0.25, 0.3) is 0 Å². The quantitative estimate of drug-likeness (QED) is 0.0440. The van der Waals surface area contributed by atoms with Crippen LogP contribution >= 0.6 is 23.2 Å². The van der Waals surface area contributed by atoms with Gasteiger partial charge in [-0.3, -0.25) is 33.6 Å². The minimum atomic E-state index is -2.41. The molecule has 2 fully saturated rings. The monoisotopic (exact) mass is 1110 g/mol. The summed E-state index contributed by atoms with van der Waals surface area (Å²) < 4.78 is 55.0. The maximum Gasteiger partial charge on any atom is 0.303 e. The molecule has 21 heteroatoms. The van der Waals surface area contributed by atoms with Crippen molar-refractivity contribution in [2.24, 2.45) is 17.8 Å². The van der Waals surface area contributed by atoms with Crippen LogP contribution in [-0.4, -0.2) is 114 Å². The maximum absolute atomic E-state index is 13.2. The fraction of sp³-hybridized carbons (Fsp3) is 0.446. The van der Waals surface area contributed by atoms with Crippen LogP contribution in [0, 0.1) is 17.8 Å². The van der Waals surface area contributed by atoms with E-state index in [0.29, 0.717) is 52.8 Å². The molecule has 4 aromatic rings. The van der Waals surface area contributed by atoms with E-state index in [9.17, 15) is 48.9 Å². The van der Waals surface area contributed by atoms with E-state index in [-0.39, 0.29) is 17.0 Å². The molecule has 0 saturated carbocycles. The summed E-state index contributed by atoms with van der Waals surface area (Å²) >= 11 is 13.7. The smallest absolute Gasteiger partial charge is 0.303 e. The minimum absolute atomic E-state index is 0.0772. The van der Waals surface area contributed by atoms with E-state index in [1.807, 2.05) is 50.2 Å². The van der Waals surface area contributed by atoms with E-state index < -0.39 is 134 Å². The second-order valence-electron chi connectivity index (χ2n) is 18.6. The average Bonchev–Trinajstić information content (AvgIpc) is 3.35. The lowest BCUT2D eigenvalue weighted by Gasteiger charge is -2.54. The molecule has 2 heterocycles. The molecule has 2 aliphatic rings. The Bertz CT molecular complexity index is 2750. The van der Waals surface area contributed by atoms with Crippen LogP contribution in [0.4, 0.5) is 0 Å². The van der Waals surface area contributed by atoms with Crippen molar-refractivity contribution >= 4 is 65.0 Å². The number of halogens is 2. The van der Waals surface area contributed by atoms with Gasteiger partial charge in [-0.05, 0) is 103 Å². The van der Waals surface area contributed by atoms with Crippen molar-refractivity contribution in [2.45, 2.75) is 116 Å². The number of hydrogen-bond donors (Lipinski definition) is 3. The van der Waals surface area contributed by atoms with Gasteiger partial charge >= 0.3 is 41.8 Å². The molecule has 2 saturated heterocycles. The molecule has 0 bridgehead atoms. The van der Waals surface area contributed by atoms with Crippen LogP contribution in [0.3, 0.4) is 0 Å². The summed E-state index contributed by atoms with van der Waals surface area (Å²) in [6, 6.07) is 24.0. The second kappa shape index (κ2) is 27.0. The van der Waals surface area contributed by atoms with Gasteiger partial charge in [-0.25, -0.2) is 0 Å². The van der Waals surface area contributed by atoms with Crippen LogP contribution in [0.15, 0.2) is 84.9 Å². The Hall–Kier alpha value is -6.77. The Morgan fingerprint density at radius 3 is 1.56 bits per heavy atom. The molecule has 3 N–H and O–H groups in total. The van der Waals surface area contributed by atoms with Gasteiger partial charge in [0.2, 0.25) is 0 Å². The number of carbonyl (C=O) groups is 7. The SMILES string of the molecule is CCOc1ccc(Cc2cc([C@@H]3O[C@H](CO[C@]4(c5ccc(Cl)c(Cc6ccc(OCC)cc6)c5)O[C@@H](COC(C)=O)[C@H](CC(=O)O)[C@H](CC(=O)O)[C@H]4CC(=O)O)[C@@H](OC(C)=O)[C@H](OC(C)=O)[C@H]3OC(C)=O)ccc2Cl)cc1. The lowest BCUT2D eigenvalue weighted by Crippen LogP contribution is -2.62. The molecule has 2 aliphatic heterocycles. The fourth-order valence-electron chi connectivity index (χ4n) is 10.1. The normalized spacial score (nSPS) is 23.9. The van der Waals surface area contributed by atoms with Crippen molar-refractivity contribution in [2.75, 3.05) is 26.4 Å². The first kappa shape index (κ1) is 59.5. The van der Waals surface area contributed by atoms with Crippen LogP contribution < -0.4 is 9.47 Å². The zero-order chi connectivity index (χ0) is 56.1. The fourth-order valence-corrected chi connectivity index (χ4v) is 10.5. The summed E-state index contributed by atoms with van der Waals surface area (Å²) in [6.45, 7) is 7.63. The van der Waals surface area contributed by atoms with Crippen molar-refractivity contribution < 1.29 is 91.5 Å². The van der Waals surface area contributed by atoms with E-state index >= 15 is 0 Å². The first-order chi connectivity index (χ1) is 36.6. The van der Waals surface area contributed by atoms with E-state index in [0.717, 1.165) is 38.8 Å². The molecular formula is C56H62Cl2O19. The second-order valence-corrected chi connectivity index (χ2v) is 19.5. The Labute approximate surface area is 454 Å². The summed E-state index contributed by atoms with van der Waals surface area (Å²) in [7, 11) is 0. The van der Waals surface area contributed by atoms with Gasteiger partial charge in [0.15, 0.2) is 24.1 Å². The maximum atomic E-state index is 13.2. The minimum Gasteiger partial charge on any atom is -0.494 e. The van der Waals surface area contributed by atoms with Crippen molar-refractivity contribution in [3.05, 3.63) is 128 Å². The molecule has 0 aromatic heterocycles. The highest BCUT2D eigenvalue weighted by atomic mass is 35.5. The summed E-state index contributed by atoms with van der Waals surface area (Å²) in [5.41, 5.74) is 3.11. The van der Waals surface area contributed by atoms with Crippen LogP contribution in [0.5, 0.6) is 11.5 Å². The third-order valence-electron chi connectivity index (χ3n) is 13.1. The van der Waals surface area contributed by atoms with Crippen molar-refractivity contribution in [1.82, 2.24) is 0 Å². The molecule has 6 rings (SSSR count). The van der Waals surface area contributed by atoms with Crippen LogP contribution in [0.1, 0.15) is 100 Å². The molecule has 10 atom stereocenters. The number of hydrogen-bond acceptors (Lipinski definition) is 16. The van der Waals surface area contributed by atoms with Gasteiger partial charge in [-0.15, -0.1) is 0 Å². The zero-order valence-electron chi connectivity index (χ0n) is 43.3. The molecule has 0 unspecified atom stereocenters. The van der Waals surface area contributed by atoms with Gasteiger partial charge in [-0.2, -0.15) is 0 Å². The summed E-state index contributed by atoms with van der Waals surface area (Å²) in [6.07, 6.45) is -11.0. The molecule has 414 valence electrons. The molecule has 0 amide bonds. The number of carboxylic acid groups (broad SMARTS) is 3. The van der Waals surface area contributed by atoms with Gasteiger partial charge in [0, 0.05) is 61.6 Å². The van der Waals surface area contributed by atoms with Gasteiger partial charge < -0.3 is 58.0 Å². The Morgan fingerprint density at radius 2 is 1.05 bits per heavy atom. The topological polar surface area (TPSA) is 263 Å². The Morgan fingerprint density at radius 1 is 0.558 bits per heavy atom. The third-order valence-corrected chi connectivity index (χ3v) is 13.9.